The Labute approximate surface area is 336 Å². The number of carbonyl (C=O) groups is 3. The molecule has 0 spiro atoms. The molecule has 2 heterocycles. The van der Waals surface area contributed by atoms with Crippen molar-refractivity contribution in [2.45, 2.75) is 85.8 Å². The van der Waals surface area contributed by atoms with Crippen LogP contribution in [0, 0.1) is 5.92 Å². The third-order valence-electron chi connectivity index (χ3n) is 9.70. The number of rotatable bonds is 17. The molecule has 0 saturated carbocycles. The Balaban J connectivity index is 0.000000955. The molecule has 1 aromatic rings. The highest BCUT2D eigenvalue weighted by molar-refractivity contribution is 5.79. The average molecular weight is 784 g/mol. The Morgan fingerprint density at radius 3 is 2.18 bits per heavy atom. The highest BCUT2D eigenvalue weighted by Crippen LogP contribution is 2.23. The van der Waals surface area contributed by atoms with Crippen LogP contribution in [0.3, 0.4) is 0 Å². The SMILES string of the molecule is CC.CCC(=O)NC(C=O)CCCN.C\C=C/C(C(/N)=C/C(=C(\N)N(C)C(=O)OCc1ccc(NC)cc1)N1CCN(CC2CCN(C)CC2)CC1)=C(/O)CC. The maximum Gasteiger partial charge on any atom is 0.415 e. The summed E-state index contributed by atoms with van der Waals surface area (Å²) in [6.07, 6.45) is 10.3. The number of nitrogens with two attached hydrogens (primary N) is 3. The second-order valence-corrected chi connectivity index (χ2v) is 13.8. The Morgan fingerprint density at radius 2 is 1.66 bits per heavy atom. The molecule has 0 aromatic heterocycles. The molecule has 0 bridgehead atoms. The van der Waals surface area contributed by atoms with E-state index in [1.54, 1.807) is 26.1 Å². The highest BCUT2D eigenvalue weighted by Gasteiger charge is 2.26. The van der Waals surface area contributed by atoms with Gasteiger partial charge in [-0.05, 0) is 89.0 Å². The predicted octanol–water partition coefficient (Wildman–Crippen LogP) is 4.87. The second-order valence-electron chi connectivity index (χ2n) is 13.8. The molecule has 3 rings (SSSR count). The van der Waals surface area contributed by atoms with Crippen LogP contribution in [-0.2, 0) is 20.9 Å². The van der Waals surface area contributed by atoms with Gasteiger partial charge < -0.3 is 52.3 Å². The monoisotopic (exact) mass is 784 g/mol. The zero-order chi connectivity index (χ0) is 42.0. The number of piperidine rings is 1. The molecule has 316 valence electrons. The fraction of sp³-hybridized carbons (Fsp3) is 0.595. The van der Waals surface area contributed by atoms with Crippen molar-refractivity contribution in [3.8, 4) is 0 Å². The van der Waals surface area contributed by atoms with E-state index >= 15 is 0 Å². The van der Waals surface area contributed by atoms with Gasteiger partial charge in [0.25, 0.3) is 0 Å². The average Bonchev–Trinajstić information content (AvgIpc) is 3.23. The summed E-state index contributed by atoms with van der Waals surface area (Å²) in [4.78, 5) is 42.7. The van der Waals surface area contributed by atoms with Crippen LogP contribution in [0.15, 0.2) is 71.0 Å². The van der Waals surface area contributed by atoms with E-state index in [2.05, 4.69) is 32.4 Å². The van der Waals surface area contributed by atoms with Crippen LogP contribution in [0.2, 0.25) is 0 Å². The lowest BCUT2D eigenvalue weighted by molar-refractivity contribution is -0.123. The number of aliphatic hydroxyl groups excluding tert-OH is 1. The van der Waals surface area contributed by atoms with Gasteiger partial charge in [0.2, 0.25) is 5.91 Å². The number of carbonyl (C=O) groups excluding carboxylic acids is 3. The number of hydrogen-bond donors (Lipinski definition) is 6. The molecule has 14 nitrogen and oxygen atoms in total. The van der Waals surface area contributed by atoms with Gasteiger partial charge in [-0.2, -0.15) is 0 Å². The Hall–Kier alpha value is -4.53. The summed E-state index contributed by atoms with van der Waals surface area (Å²) in [5.41, 5.74) is 21.9. The van der Waals surface area contributed by atoms with Crippen molar-refractivity contribution < 1.29 is 24.2 Å². The van der Waals surface area contributed by atoms with Crippen molar-refractivity contribution in [2.24, 2.45) is 23.1 Å². The summed E-state index contributed by atoms with van der Waals surface area (Å²) in [6.45, 7) is 16.9. The van der Waals surface area contributed by atoms with Gasteiger partial charge in [0.15, 0.2) is 0 Å². The van der Waals surface area contributed by atoms with E-state index in [9.17, 15) is 19.5 Å². The Bertz CT molecular complexity index is 1430. The number of aldehydes is 1. The van der Waals surface area contributed by atoms with Crippen molar-refractivity contribution in [1.82, 2.24) is 24.9 Å². The first-order valence-corrected chi connectivity index (χ1v) is 20.2. The van der Waals surface area contributed by atoms with Crippen LogP contribution in [0.1, 0.15) is 78.7 Å². The minimum atomic E-state index is -0.559. The standard InChI is InChI=1S/C32H51N7O3.C8H16N2O2.C2H6/c1-6-8-27(30(40)7-2)28(33)21-29(39-19-17-38(18-20-39)22-24-13-15-36(4)16-14-24)31(34)37(5)32(41)42-23-25-9-11-26(35-3)12-10-25;1-2-8(12)10-7(6-11)4-3-5-9;1-2/h6,8-12,21,24,35,40H,7,13-20,22-23,33-34H2,1-5H3;6-7H,2-5,9H2,1H3,(H,10,12);1-2H3/b8-6-,28-21-,30-27-,31-29-;;. The van der Waals surface area contributed by atoms with Gasteiger partial charge >= 0.3 is 6.09 Å². The Morgan fingerprint density at radius 1 is 1.04 bits per heavy atom. The summed E-state index contributed by atoms with van der Waals surface area (Å²) >= 11 is 0. The molecule has 1 aromatic carbocycles. The topological polar surface area (TPSA) is 196 Å². The second kappa shape index (κ2) is 28.0. The summed E-state index contributed by atoms with van der Waals surface area (Å²) in [6, 6.07) is 7.32. The first-order chi connectivity index (χ1) is 26.9. The lowest BCUT2D eigenvalue weighted by Gasteiger charge is -2.40. The maximum atomic E-state index is 13.1. The van der Waals surface area contributed by atoms with Gasteiger partial charge in [0.1, 0.15) is 24.5 Å². The lowest BCUT2D eigenvalue weighted by Crippen LogP contribution is -2.49. The number of aliphatic hydroxyl groups is 1. The highest BCUT2D eigenvalue weighted by atomic mass is 16.6. The summed E-state index contributed by atoms with van der Waals surface area (Å²) < 4.78 is 5.59. The molecule has 2 aliphatic heterocycles. The number of anilines is 1. The number of benzene rings is 1. The van der Waals surface area contributed by atoms with Crippen LogP contribution in [-0.4, -0.2) is 123 Å². The molecule has 1 atom stereocenters. The summed E-state index contributed by atoms with van der Waals surface area (Å²) in [5.74, 6) is 1.07. The third kappa shape index (κ3) is 17.5. The third-order valence-corrected chi connectivity index (χ3v) is 9.70. The van der Waals surface area contributed by atoms with Crippen LogP contribution >= 0.6 is 0 Å². The normalized spacial score (nSPS) is 16.9. The minimum absolute atomic E-state index is 0.0934. The van der Waals surface area contributed by atoms with E-state index < -0.39 is 6.09 Å². The number of likely N-dealkylation sites (tertiary alicyclic amines) is 1. The smallest absolute Gasteiger partial charge is 0.415 e. The number of nitrogens with one attached hydrogen (secondary N) is 2. The van der Waals surface area contributed by atoms with Gasteiger partial charge in [-0.3, -0.25) is 14.6 Å². The van der Waals surface area contributed by atoms with Gasteiger partial charge in [-0.15, -0.1) is 0 Å². The van der Waals surface area contributed by atoms with E-state index in [0.29, 0.717) is 42.8 Å². The fourth-order valence-corrected chi connectivity index (χ4v) is 6.15. The van der Waals surface area contributed by atoms with Crippen LogP contribution in [0.25, 0.3) is 0 Å². The van der Waals surface area contributed by atoms with Crippen molar-refractivity contribution in [3.63, 3.8) is 0 Å². The molecule has 2 aliphatic rings. The molecular weight excluding hydrogens is 711 g/mol. The molecule has 56 heavy (non-hydrogen) atoms. The quantitative estimate of drug-likeness (QED) is 0.0714. The van der Waals surface area contributed by atoms with Gasteiger partial charge in [-0.1, -0.05) is 52.0 Å². The molecule has 1 unspecified atom stereocenters. The number of piperazine rings is 1. The van der Waals surface area contributed by atoms with Crippen molar-refractivity contribution in [2.75, 3.05) is 78.8 Å². The zero-order valence-electron chi connectivity index (χ0n) is 35.5. The van der Waals surface area contributed by atoms with Gasteiger partial charge in [0, 0.05) is 76.6 Å². The molecule has 2 amide bonds. The molecule has 0 aliphatic carbocycles. The van der Waals surface area contributed by atoms with Crippen molar-refractivity contribution >= 4 is 24.0 Å². The van der Waals surface area contributed by atoms with E-state index in [0.717, 1.165) is 75.7 Å². The number of nitrogens with zero attached hydrogens (tertiary/aromatic N) is 4. The summed E-state index contributed by atoms with van der Waals surface area (Å²) in [5, 5.41) is 16.2. The van der Waals surface area contributed by atoms with Gasteiger partial charge in [-0.25, -0.2) is 4.79 Å². The maximum absolute atomic E-state index is 13.1. The fourth-order valence-electron chi connectivity index (χ4n) is 6.15. The van der Waals surface area contributed by atoms with Crippen LogP contribution in [0.4, 0.5) is 10.5 Å². The number of hydrogen-bond acceptors (Lipinski definition) is 12. The molecule has 0 radical (unpaired) electrons. The number of allylic oxidation sites excluding steroid dienone is 4. The van der Waals surface area contributed by atoms with Crippen molar-refractivity contribution in [3.05, 3.63) is 76.6 Å². The van der Waals surface area contributed by atoms with E-state index in [4.69, 9.17) is 21.9 Å². The predicted molar refractivity (Wildman–Crippen MR) is 228 cm³/mol. The molecule has 2 saturated heterocycles. The molecular formula is C42H73N9O5. The number of ether oxygens (including phenoxy) is 1. The largest absolute Gasteiger partial charge is 0.512 e. The van der Waals surface area contributed by atoms with E-state index in [1.165, 1.54) is 17.7 Å². The lowest BCUT2D eigenvalue weighted by atomic mass is 9.96. The van der Waals surface area contributed by atoms with Crippen LogP contribution < -0.4 is 27.8 Å². The minimum Gasteiger partial charge on any atom is -0.512 e. The zero-order valence-corrected chi connectivity index (χ0v) is 35.5. The Kier molecular flexibility index (Phi) is 24.7. The van der Waals surface area contributed by atoms with Gasteiger partial charge in [0.05, 0.1) is 11.7 Å². The van der Waals surface area contributed by atoms with Crippen molar-refractivity contribution in [1.29, 1.82) is 0 Å². The molecule has 14 heteroatoms. The first kappa shape index (κ1) is 49.5. The molecule has 9 N–H and O–H groups in total. The van der Waals surface area contributed by atoms with Crippen LogP contribution in [0.5, 0.6) is 0 Å². The van der Waals surface area contributed by atoms with E-state index in [1.807, 2.05) is 65.1 Å². The molecule has 2 fully saturated rings. The summed E-state index contributed by atoms with van der Waals surface area (Å²) in [7, 11) is 5.65. The first-order valence-electron chi connectivity index (χ1n) is 20.2. The number of amides is 2. The van der Waals surface area contributed by atoms with E-state index in [-0.39, 0.29) is 30.1 Å².